The first-order chi connectivity index (χ1) is 8.63. The highest BCUT2D eigenvalue weighted by Crippen LogP contribution is 2.26. The summed E-state index contributed by atoms with van der Waals surface area (Å²) < 4.78 is 10.2. The van der Waals surface area contributed by atoms with Gasteiger partial charge in [-0.1, -0.05) is 6.07 Å². The third-order valence-corrected chi connectivity index (χ3v) is 3.23. The van der Waals surface area contributed by atoms with Crippen LogP contribution in [0.5, 0.6) is 0 Å². The summed E-state index contributed by atoms with van der Waals surface area (Å²) >= 11 is 0. The van der Waals surface area contributed by atoms with Crippen molar-refractivity contribution < 1.29 is 14.3 Å². The smallest absolute Gasteiger partial charge is 0.340 e. The molecule has 0 aromatic heterocycles. The highest BCUT2D eigenvalue weighted by molar-refractivity contribution is 5.98. The number of benzene rings is 1. The van der Waals surface area contributed by atoms with Crippen molar-refractivity contribution in [2.75, 3.05) is 24.8 Å². The van der Waals surface area contributed by atoms with Crippen LogP contribution in [0.25, 0.3) is 0 Å². The molecule has 0 radical (unpaired) electrons. The van der Waals surface area contributed by atoms with Crippen LogP contribution in [0.3, 0.4) is 0 Å². The molecule has 0 aliphatic carbocycles. The fourth-order valence-corrected chi connectivity index (χ4v) is 2.10. The molecule has 1 aliphatic rings. The number of esters is 1. The number of nitrogens with one attached hydrogen (secondary N) is 1. The van der Waals surface area contributed by atoms with Gasteiger partial charge < -0.3 is 20.5 Å². The predicted octanol–water partition coefficient (Wildman–Crippen LogP) is 1.64. The van der Waals surface area contributed by atoms with E-state index < -0.39 is 5.97 Å². The Morgan fingerprint density at radius 2 is 2.33 bits per heavy atom. The molecule has 2 rings (SSSR count). The topological polar surface area (TPSA) is 73.6 Å². The number of hydrogen-bond donors (Lipinski definition) is 2. The summed E-state index contributed by atoms with van der Waals surface area (Å²) in [6.07, 6.45) is 1.08. The van der Waals surface area contributed by atoms with Crippen molar-refractivity contribution in [3.05, 3.63) is 23.8 Å². The fraction of sp³-hybridized carbons (Fsp3) is 0.462. The Kier molecular flexibility index (Phi) is 3.72. The molecule has 1 fully saturated rings. The highest BCUT2D eigenvalue weighted by atomic mass is 16.5. The maximum Gasteiger partial charge on any atom is 0.340 e. The number of rotatable bonds is 3. The van der Waals surface area contributed by atoms with Crippen molar-refractivity contribution in [2.24, 2.45) is 0 Å². The van der Waals surface area contributed by atoms with Crippen LogP contribution < -0.4 is 11.1 Å². The average Bonchev–Trinajstić information content (AvgIpc) is 2.77. The Morgan fingerprint density at radius 3 is 2.94 bits per heavy atom. The summed E-state index contributed by atoms with van der Waals surface area (Å²) in [5.41, 5.74) is 7.53. The second kappa shape index (κ2) is 5.27. The van der Waals surface area contributed by atoms with Crippen LogP contribution in [0.1, 0.15) is 23.7 Å². The number of carbonyl (C=O) groups is 1. The average molecular weight is 250 g/mol. The Bertz CT molecular complexity index is 448. The van der Waals surface area contributed by atoms with Crippen molar-refractivity contribution in [3.63, 3.8) is 0 Å². The summed E-state index contributed by atoms with van der Waals surface area (Å²) in [4.78, 5) is 11.5. The molecule has 2 unspecified atom stereocenters. The summed E-state index contributed by atoms with van der Waals surface area (Å²) in [6.45, 7) is 2.76. The van der Waals surface area contributed by atoms with Gasteiger partial charge in [0.25, 0.3) is 0 Å². The SMILES string of the molecule is COC(=O)c1cccc(NC2CCOC2C)c1N. The minimum atomic E-state index is -0.424. The maximum absolute atomic E-state index is 11.5. The van der Waals surface area contributed by atoms with Crippen molar-refractivity contribution >= 4 is 17.3 Å². The van der Waals surface area contributed by atoms with E-state index in [4.69, 9.17) is 15.2 Å². The number of methoxy groups -OCH3 is 1. The van der Waals surface area contributed by atoms with Gasteiger partial charge in [-0.25, -0.2) is 4.79 Å². The van der Waals surface area contributed by atoms with E-state index in [1.165, 1.54) is 7.11 Å². The summed E-state index contributed by atoms with van der Waals surface area (Å²) in [5.74, 6) is -0.424. The molecule has 2 atom stereocenters. The molecule has 0 saturated carbocycles. The Hall–Kier alpha value is -1.75. The number of nitrogens with two attached hydrogens (primary N) is 1. The van der Waals surface area contributed by atoms with Crippen LogP contribution >= 0.6 is 0 Å². The minimum absolute atomic E-state index is 0.145. The molecule has 1 heterocycles. The van der Waals surface area contributed by atoms with E-state index in [1.807, 2.05) is 13.0 Å². The molecular formula is C13H18N2O3. The van der Waals surface area contributed by atoms with E-state index in [0.717, 1.165) is 18.7 Å². The van der Waals surface area contributed by atoms with Gasteiger partial charge in [0, 0.05) is 6.61 Å². The molecule has 1 saturated heterocycles. The van der Waals surface area contributed by atoms with Gasteiger partial charge in [-0.3, -0.25) is 0 Å². The first kappa shape index (κ1) is 12.7. The Morgan fingerprint density at radius 1 is 1.56 bits per heavy atom. The van der Waals surface area contributed by atoms with Crippen molar-refractivity contribution in [3.8, 4) is 0 Å². The van der Waals surface area contributed by atoms with Crippen LogP contribution in [-0.4, -0.2) is 31.8 Å². The molecular weight excluding hydrogens is 232 g/mol. The second-order valence-electron chi connectivity index (χ2n) is 4.37. The molecule has 3 N–H and O–H groups in total. The van der Waals surface area contributed by atoms with E-state index in [9.17, 15) is 4.79 Å². The number of carbonyl (C=O) groups excluding carboxylic acids is 1. The number of ether oxygens (including phenoxy) is 2. The zero-order valence-electron chi connectivity index (χ0n) is 10.6. The van der Waals surface area contributed by atoms with Gasteiger partial charge in [-0.2, -0.15) is 0 Å². The number of para-hydroxylation sites is 1. The van der Waals surface area contributed by atoms with E-state index >= 15 is 0 Å². The standard InChI is InChI=1S/C13H18N2O3/c1-8-10(6-7-18-8)15-11-5-3-4-9(12(11)14)13(16)17-2/h3-5,8,10,15H,6-7,14H2,1-2H3. The molecule has 5 nitrogen and oxygen atoms in total. The van der Waals surface area contributed by atoms with Gasteiger partial charge in [-0.05, 0) is 25.5 Å². The minimum Gasteiger partial charge on any atom is -0.465 e. The Labute approximate surface area is 106 Å². The third kappa shape index (κ3) is 2.41. The molecule has 0 bridgehead atoms. The van der Waals surface area contributed by atoms with E-state index in [-0.39, 0.29) is 12.1 Å². The molecule has 1 aliphatic heterocycles. The number of anilines is 2. The third-order valence-electron chi connectivity index (χ3n) is 3.23. The lowest BCUT2D eigenvalue weighted by Crippen LogP contribution is -2.27. The van der Waals surface area contributed by atoms with Gasteiger partial charge in [0.1, 0.15) is 0 Å². The highest BCUT2D eigenvalue weighted by Gasteiger charge is 2.25. The zero-order chi connectivity index (χ0) is 13.1. The normalized spacial score (nSPS) is 22.8. The lowest BCUT2D eigenvalue weighted by Gasteiger charge is -2.19. The van der Waals surface area contributed by atoms with Crippen LogP contribution in [0, 0.1) is 0 Å². The van der Waals surface area contributed by atoms with E-state index in [0.29, 0.717) is 11.3 Å². The predicted molar refractivity (Wildman–Crippen MR) is 69.6 cm³/mol. The number of nitrogen functional groups attached to an aromatic ring is 1. The molecule has 18 heavy (non-hydrogen) atoms. The second-order valence-corrected chi connectivity index (χ2v) is 4.37. The molecule has 1 aromatic rings. The van der Waals surface area contributed by atoms with Gasteiger partial charge in [-0.15, -0.1) is 0 Å². The van der Waals surface area contributed by atoms with Gasteiger partial charge in [0.15, 0.2) is 0 Å². The largest absolute Gasteiger partial charge is 0.465 e. The maximum atomic E-state index is 11.5. The quantitative estimate of drug-likeness (QED) is 0.630. The summed E-state index contributed by atoms with van der Waals surface area (Å²) in [6, 6.07) is 5.51. The molecule has 1 aromatic carbocycles. The van der Waals surface area contributed by atoms with Crippen LogP contribution in [-0.2, 0) is 9.47 Å². The summed E-state index contributed by atoms with van der Waals surface area (Å²) in [5, 5.41) is 3.32. The molecule has 98 valence electrons. The van der Waals surface area contributed by atoms with Crippen LogP contribution in [0.15, 0.2) is 18.2 Å². The first-order valence-corrected chi connectivity index (χ1v) is 5.98. The van der Waals surface area contributed by atoms with Crippen LogP contribution in [0.2, 0.25) is 0 Å². The molecule has 0 spiro atoms. The first-order valence-electron chi connectivity index (χ1n) is 5.98. The zero-order valence-corrected chi connectivity index (χ0v) is 10.6. The lowest BCUT2D eigenvalue weighted by molar-refractivity contribution is 0.0602. The number of hydrogen-bond acceptors (Lipinski definition) is 5. The van der Waals surface area contributed by atoms with Crippen molar-refractivity contribution in [2.45, 2.75) is 25.5 Å². The fourth-order valence-electron chi connectivity index (χ4n) is 2.10. The van der Waals surface area contributed by atoms with Crippen molar-refractivity contribution in [1.82, 2.24) is 0 Å². The lowest BCUT2D eigenvalue weighted by atomic mass is 10.1. The Balaban J connectivity index is 2.20. The van der Waals surface area contributed by atoms with Gasteiger partial charge >= 0.3 is 5.97 Å². The molecule has 5 heteroatoms. The van der Waals surface area contributed by atoms with E-state index in [1.54, 1.807) is 12.1 Å². The van der Waals surface area contributed by atoms with Gasteiger partial charge in [0.05, 0.1) is 36.2 Å². The summed E-state index contributed by atoms with van der Waals surface area (Å²) in [7, 11) is 1.34. The monoisotopic (exact) mass is 250 g/mol. The van der Waals surface area contributed by atoms with Crippen molar-refractivity contribution in [1.29, 1.82) is 0 Å². The van der Waals surface area contributed by atoms with Gasteiger partial charge in [0.2, 0.25) is 0 Å². The van der Waals surface area contributed by atoms with Crippen LogP contribution in [0.4, 0.5) is 11.4 Å². The van der Waals surface area contributed by atoms with E-state index in [2.05, 4.69) is 5.32 Å². The molecule has 0 amide bonds.